The molecule has 5 nitrogen and oxygen atoms in total. The number of aromatic nitrogens is 2. The van der Waals surface area contributed by atoms with E-state index in [1.807, 2.05) is 43.7 Å². The van der Waals surface area contributed by atoms with Crippen molar-refractivity contribution in [2.45, 2.75) is 26.1 Å². The molecule has 1 heterocycles. The Balaban J connectivity index is 2.12. The van der Waals surface area contributed by atoms with E-state index in [4.69, 9.17) is 4.74 Å². The van der Waals surface area contributed by atoms with Gasteiger partial charge in [0.2, 0.25) is 0 Å². The average molecular weight is 289 g/mol. The highest BCUT2D eigenvalue weighted by atomic mass is 16.5. The number of aryl methyl sites for hydroxylation is 1. The van der Waals surface area contributed by atoms with Crippen molar-refractivity contribution in [3.05, 3.63) is 48.0 Å². The van der Waals surface area contributed by atoms with Gasteiger partial charge in [-0.1, -0.05) is 12.1 Å². The number of benzene rings is 1. The number of nitrogens with zero attached hydrogens (tertiary/aromatic N) is 3. The summed E-state index contributed by atoms with van der Waals surface area (Å²) < 4.78 is 7.28. The van der Waals surface area contributed by atoms with Gasteiger partial charge in [0.25, 0.3) is 0 Å². The summed E-state index contributed by atoms with van der Waals surface area (Å²) in [5.41, 5.74) is 1.07. The van der Waals surface area contributed by atoms with E-state index in [0.717, 1.165) is 23.7 Å². The van der Waals surface area contributed by atoms with Crippen LogP contribution in [0.5, 0.6) is 5.75 Å². The highest BCUT2D eigenvalue weighted by Gasteiger charge is 2.18. The largest absolute Gasteiger partial charge is 0.497 e. The van der Waals surface area contributed by atoms with E-state index in [9.17, 15) is 5.11 Å². The number of ether oxygens (including phenoxy) is 1. The first-order valence-corrected chi connectivity index (χ1v) is 7.14. The topological polar surface area (TPSA) is 50.5 Å². The predicted octanol–water partition coefficient (Wildman–Crippen LogP) is 2.08. The van der Waals surface area contributed by atoms with Crippen LogP contribution in [0.2, 0.25) is 0 Å². The molecule has 114 valence electrons. The molecule has 0 amide bonds. The van der Waals surface area contributed by atoms with Crippen LogP contribution in [-0.2, 0) is 13.1 Å². The lowest BCUT2D eigenvalue weighted by Crippen LogP contribution is -2.28. The van der Waals surface area contributed by atoms with Crippen molar-refractivity contribution >= 4 is 0 Å². The first-order chi connectivity index (χ1) is 10.2. The third kappa shape index (κ3) is 3.62. The standard InChI is InChI=1S/C16H23N3O2/c1-4-19-10-9-17-16(19)11-18(2)15(12-20)13-5-7-14(21-3)8-6-13/h5-10,15,20H,4,11-12H2,1-3H3. The smallest absolute Gasteiger partial charge is 0.122 e. The zero-order valence-electron chi connectivity index (χ0n) is 12.9. The number of aliphatic hydroxyl groups is 1. The maximum Gasteiger partial charge on any atom is 0.122 e. The Labute approximate surface area is 125 Å². The summed E-state index contributed by atoms with van der Waals surface area (Å²) >= 11 is 0. The van der Waals surface area contributed by atoms with Gasteiger partial charge in [0.15, 0.2) is 0 Å². The number of imidazole rings is 1. The molecule has 1 aromatic heterocycles. The summed E-state index contributed by atoms with van der Waals surface area (Å²) in [5.74, 6) is 1.83. The van der Waals surface area contributed by atoms with Crippen LogP contribution in [0.1, 0.15) is 24.4 Å². The maximum atomic E-state index is 9.73. The Kier molecular flexibility index (Phi) is 5.36. The lowest BCUT2D eigenvalue weighted by Gasteiger charge is -2.26. The third-order valence-corrected chi connectivity index (χ3v) is 3.74. The number of aliphatic hydroxyl groups excluding tert-OH is 1. The monoisotopic (exact) mass is 289 g/mol. The zero-order chi connectivity index (χ0) is 15.2. The van der Waals surface area contributed by atoms with Crippen LogP contribution < -0.4 is 4.74 Å². The van der Waals surface area contributed by atoms with Gasteiger partial charge in [0.1, 0.15) is 11.6 Å². The molecule has 0 saturated carbocycles. The Morgan fingerprint density at radius 2 is 2.05 bits per heavy atom. The fourth-order valence-electron chi connectivity index (χ4n) is 2.44. The summed E-state index contributed by atoms with van der Waals surface area (Å²) in [6.45, 7) is 3.75. The molecular formula is C16H23N3O2. The number of methoxy groups -OCH3 is 1. The molecule has 1 unspecified atom stereocenters. The van der Waals surface area contributed by atoms with Crippen LogP contribution in [-0.4, -0.2) is 40.3 Å². The second-order valence-corrected chi connectivity index (χ2v) is 5.02. The van der Waals surface area contributed by atoms with Gasteiger partial charge in [-0.3, -0.25) is 4.90 Å². The zero-order valence-corrected chi connectivity index (χ0v) is 12.9. The first-order valence-electron chi connectivity index (χ1n) is 7.14. The second-order valence-electron chi connectivity index (χ2n) is 5.02. The molecule has 2 rings (SSSR count). The Morgan fingerprint density at radius 3 is 2.62 bits per heavy atom. The van der Waals surface area contributed by atoms with Crippen LogP contribution >= 0.6 is 0 Å². The molecule has 0 radical (unpaired) electrons. The quantitative estimate of drug-likeness (QED) is 0.848. The Morgan fingerprint density at radius 1 is 1.33 bits per heavy atom. The van der Waals surface area contributed by atoms with Crippen molar-refractivity contribution in [2.75, 3.05) is 20.8 Å². The van der Waals surface area contributed by atoms with E-state index in [2.05, 4.69) is 21.4 Å². The normalized spacial score (nSPS) is 12.6. The summed E-state index contributed by atoms with van der Waals surface area (Å²) in [5, 5.41) is 9.73. The molecule has 0 aliphatic heterocycles. The molecule has 0 saturated heterocycles. The van der Waals surface area contributed by atoms with Gasteiger partial charge in [0, 0.05) is 18.9 Å². The highest BCUT2D eigenvalue weighted by molar-refractivity contribution is 5.29. The number of hydrogen-bond donors (Lipinski definition) is 1. The third-order valence-electron chi connectivity index (χ3n) is 3.74. The van der Waals surface area contributed by atoms with Crippen LogP contribution in [0.4, 0.5) is 0 Å². The summed E-state index contributed by atoms with van der Waals surface area (Å²) in [6, 6.07) is 7.75. The molecule has 0 fully saturated rings. The van der Waals surface area contributed by atoms with Crippen molar-refractivity contribution in [3.63, 3.8) is 0 Å². The molecule has 1 N–H and O–H groups in total. The van der Waals surface area contributed by atoms with Gasteiger partial charge in [-0.25, -0.2) is 4.98 Å². The molecule has 5 heteroatoms. The van der Waals surface area contributed by atoms with Gasteiger partial charge in [-0.15, -0.1) is 0 Å². The summed E-state index contributed by atoms with van der Waals surface area (Å²) in [4.78, 5) is 6.49. The molecule has 1 aromatic carbocycles. The van der Waals surface area contributed by atoms with Crippen LogP contribution in [0, 0.1) is 0 Å². The van der Waals surface area contributed by atoms with E-state index in [1.54, 1.807) is 7.11 Å². The summed E-state index contributed by atoms with van der Waals surface area (Å²) in [6.07, 6.45) is 3.79. The molecule has 0 bridgehead atoms. The molecular weight excluding hydrogens is 266 g/mol. The Hall–Kier alpha value is -1.85. The van der Waals surface area contributed by atoms with Gasteiger partial charge in [-0.2, -0.15) is 0 Å². The minimum Gasteiger partial charge on any atom is -0.497 e. The lowest BCUT2D eigenvalue weighted by atomic mass is 10.1. The van der Waals surface area contributed by atoms with E-state index >= 15 is 0 Å². The van der Waals surface area contributed by atoms with Gasteiger partial charge in [-0.05, 0) is 31.7 Å². The molecule has 0 spiro atoms. The summed E-state index contributed by atoms with van der Waals surface area (Å²) in [7, 11) is 3.65. The molecule has 21 heavy (non-hydrogen) atoms. The minimum atomic E-state index is -0.0575. The van der Waals surface area contributed by atoms with Crippen LogP contribution in [0.15, 0.2) is 36.7 Å². The van der Waals surface area contributed by atoms with Crippen LogP contribution in [0.25, 0.3) is 0 Å². The minimum absolute atomic E-state index is 0.0575. The van der Waals surface area contributed by atoms with Crippen molar-refractivity contribution in [1.29, 1.82) is 0 Å². The van der Waals surface area contributed by atoms with E-state index in [0.29, 0.717) is 6.54 Å². The number of rotatable bonds is 7. The number of hydrogen-bond acceptors (Lipinski definition) is 4. The number of likely N-dealkylation sites (N-methyl/N-ethyl adjacent to an activating group) is 1. The van der Waals surface area contributed by atoms with Gasteiger partial charge in [0.05, 0.1) is 26.3 Å². The second kappa shape index (κ2) is 7.24. The van der Waals surface area contributed by atoms with Crippen LogP contribution in [0.3, 0.4) is 0 Å². The van der Waals surface area contributed by atoms with Crippen molar-refractivity contribution in [1.82, 2.24) is 14.5 Å². The van der Waals surface area contributed by atoms with Crippen molar-refractivity contribution < 1.29 is 9.84 Å². The van der Waals surface area contributed by atoms with Crippen molar-refractivity contribution in [3.8, 4) is 5.75 Å². The fourth-order valence-corrected chi connectivity index (χ4v) is 2.44. The Bertz CT molecular complexity index is 551. The van der Waals surface area contributed by atoms with Gasteiger partial charge >= 0.3 is 0 Å². The SMILES string of the molecule is CCn1ccnc1CN(C)C(CO)c1ccc(OC)cc1. The van der Waals surface area contributed by atoms with E-state index in [-0.39, 0.29) is 12.6 Å². The average Bonchev–Trinajstić information content (AvgIpc) is 2.96. The molecule has 1 atom stereocenters. The first kappa shape index (κ1) is 15.5. The highest BCUT2D eigenvalue weighted by Crippen LogP contribution is 2.23. The van der Waals surface area contributed by atoms with Crippen molar-refractivity contribution in [2.24, 2.45) is 0 Å². The predicted molar refractivity (Wildman–Crippen MR) is 82.2 cm³/mol. The molecule has 0 aliphatic rings. The lowest BCUT2D eigenvalue weighted by molar-refractivity contribution is 0.139. The van der Waals surface area contributed by atoms with E-state index in [1.165, 1.54) is 0 Å². The molecule has 2 aromatic rings. The molecule has 0 aliphatic carbocycles. The maximum absolute atomic E-state index is 9.73. The van der Waals surface area contributed by atoms with Gasteiger partial charge < -0.3 is 14.4 Å². The fraction of sp³-hybridized carbons (Fsp3) is 0.438. The van der Waals surface area contributed by atoms with E-state index < -0.39 is 0 Å².